The lowest BCUT2D eigenvalue weighted by molar-refractivity contribution is 0.102. The number of aromatic nitrogens is 1. The van der Waals surface area contributed by atoms with Gasteiger partial charge in [-0.1, -0.05) is 48.5 Å². The summed E-state index contributed by atoms with van der Waals surface area (Å²) in [4.78, 5) is 17.6. The van der Waals surface area contributed by atoms with Crippen LogP contribution >= 0.6 is 0 Å². The summed E-state index contributed by atoms with van der Waals surface area (Å²) >= 11 is 0. The molecule has 0 aliphatic heterocycles. The Balaban J connectivity index is 2.21. The third kappa shape index (κ3) is 3.72. The van der Waals surface area contributed by atoms with Crippen molar-refractivity contribution in [1.29, 1.82) is 5.26 Å². The van der Waals surface area contributed by atoms with Crippen molar-refractivity contribution in [3.05, 3.63) is 77.0 Å². The van der Waals surface area contributed by atoms with Crippen LogP contribution in [0.25, 0.3) is 11.1 Å². The molecule has 0 saturated carbocycles. The van der Waals surface area contributed by atoms with Crippen LogP contribution < -0.4 is 10.1 Å². The standard InChI is InChI=1S/C23H21N3O2/c1-4-28-23-18(14-24)21(17-11-6-5-7-12-17)20(16(3)25-23)22(27)26-19-13-9-8-10-15(19)2/h5-13H,4H2,1-3H3,(H,26,27). The van der Waals surface area contributed by atoms with Gasteiger partial charge in [-0.05, 0) is 38.0 Å². The lowest BCUT2D eigenvalue weighted by atomic mass is 9.94. The van der Waals surface area contributed by atoms with Crippen molar-refractivity contribution < 1.29 is 9.53 Å². The van der Waals surface area contributed by atoms with Gasteiger partial charge in [-0.15, -0.1) is 0 Å². The molecule has 0 spiro atoms. The number of amides is 1. The van der Waals surface area contributed by atoms with E-state index in [1.165, 1.54) is 0 Å². The molecule has 0 saturated heterocycles. The van der Waals surface area contributed by atoms with Crippen molar-refractivity contribution in [2.75, 3.05) is 11.9 Å². The summed E-state index contributed by atoms with van der Waals surface area (Å²) in [6.07, 6.45) is 0. The molecule has 0 aliphatic rings. The fourth-order valence-electron chi connectivity index (χ4n) is 3.09. The van der Waals surface area contributed by atoms with Gasteiger partial charge in [0.2, 0.25) is 5.88 Å². The third-order valence-electron chi connectivity index (χ3n) is 4.42. The number of hydrogen-bond acceptors (Lipinski definition) is 4. The Labute approximate surface area is 164 Å². The van der Waals surface area contributed by atoms with E-state index in [2.05, 4.69) is 16.4 Å². The van der Waals surface area contributed by atoms with Crippen LogP contribution in [0.2, 0.25) is 0 Å². The first kappa shape index (κ1) is 19.1. The number of nitriles is 1. The quantitative estimate of drug-likeness (QED) is 0.693. The molecule has 0 radical (unpaired) electrons. The van der Waals surface area contributed by atoms with Gasteiger partial charge in [0.1, 0.15) is 11.6 Å². The highest BCUT2D eigenvalue weighted by atomic mass is 16.5. The minimum absolute atomic E-state index is 0.244. The number of ether oxygens (including phenoxy) is 1. The second-order valence-electron chi connectivity index (χ2n) is 6.31. The van der Waals surface area contributed by atoms with Gasteiger partial charge in [-0.2, -0.15) is 5.26 Å². The number of para-hydroxylation sites is 1. The molecule has 0 aliphatic carbocycles. The summed E-state index contributed by atoms with van der Waals surface area (Å²) in [5.74, 6) is -0.0634. The lowest BCUT2D eigenvalue weighted by Crippen LogP contribution is -2.18. The predicted molar refractivity (Wildman–Crippen MR) is 109 cm³/mol. The van der Waals surface area contributed by atoms with Crippen LogP contribution in [0.1, 0.15) is 34.1 Å². The molecule has 0 unspecified atom stereocenters. The SMILES string of the molecule is CCOc1nc(C)c(C(=O)Nc2ccccc2C)c(-c2ccccc2)c1C#N. The van der Waals surface area contributed by atoms with E-state index in [4.69, 9.17) is 4.74 Å². The third-order valence-corrected chi connectivity index (χ3v) is 4.42. The van der Waals surface area contributed by atoms with Crippen molar-refractivity contribution in [3.63, 3.8) is 0 Å². The first-order chi connectivity index (χ1) is 13.6. The number of nitrogens with one attached hydrogen (secondary N) is 1. The Morgan fingerprint density at radius 1 is 1.11 bits per heavy atom. The molecule has 0 fully saturated rings. The molecule has 2 aromatic carbocycles. The molecular weight excluding hydrogens is 350 g/mol. The molecule has 140 valence electrons. The molecule has 1 heterocycles. The van der Waals surface area contributed by atoms with Crippen LogP contribution in [-0.4, -0.2) is 17.5 Å². The number of anilines is 1. The minimum atomic E-state index is -0.308. The van der Waals surface area contributed by atoms with Gasteiger partial charge < -0.3 is 10.1 Å². The Morgan fingerprint density at radius 3 is 2.43 bits per heavy atom. The first-order valence-corrected chi connectivity index (χ1v) is 9.06. The van der Waals surface area contributed by atoms with Gasteiger partial charge in [0.25, 0.3) is 5.91 Å². The fraction of sp³-hybridized carbons (Fsp3) is 0.174. The molecule has 1 N–H and O–H groups in total. The van der Waals surface area contributed by atoms with Crippen LogP contribution in [0.5, 0.6) is 5.88 Å². The molecule has 0 atom stereocenters. The highest BCUT2D eigenvalue weighted by Crippen LogP contribution is 2.34. The number of benzene rings is 2. The number of pyridine rings is 1. The Bertz CT molecular complexity index is 1050. The maximum absolute atomic E-state index is 13.2. The van der Waals surface area contributed by atoms with Crippen LogP contribution in [0.4, 0.5) is 5.69 Å². The van der Waals surface area contributed by atoms with Crippen molar-refractivity contribution in [3.8, 4) is 23.1 Å². The Hall–Kier alpha value is -3.65. The molecule has 1 amide bonds. The van der Waals surface area contributed by atoms with Crippen LogP contribution in [0, 0.1) is 25.2 Å². The zero-order valence-electron chi connectivity index (χ0n) is 16.1. The van der Waals surface area contributed by atoms with Gasteiger partial charge >= 0.3 is 0 Å². The number of carbonyl (C=O) groups is 1. The molecule has 5 heteroatoms. The summed E-state index contributed by atoms with van der Waals surface area (Å²) in [6, 6.07) is 19.1. The fourth-order valence-corrected chi connectivity index (χ4v) is 3.09. The van der Waals surface area contributed by atoms with Crippen LogP contribution in [-0.2, 0) is 0 Å². The first-order valence-electron chi connectivity index (χ1n) is 9.06. The van der Waals surface area contributed by atoms with E-state index >= 15 is 0 Å². The zero-order valence-corrected chi connectivity index (χ0v) is 16.1. The largest absolute Gasteiger partial charge is 0.477 e. The number of aryl methyl sites for hydroxylation is 2. The summed E-state index contributed by atoms with van der Waals surface area (Å²) in [6.45, 7) is 5.89. The van der Waals surface area contributed by atoms with E-state index in [-0.39, 0.29) is 17.4 Å². The predicted octanol–water partition coefficient (Wildman–Crippen LogP) is 4.89. The van der Waals surface area contributed by atoms with Gasteiger partial charge in [0.05, 0.1) is 17.9 Å². The van der Waals surface area contributed by atoms with Crippen LogP contribution in [0.15, 0.2) is 54.6 Å². The highest BCUT2D eigenvalue weighted by molar-refractivity contribution is 6.10. The van der Waals surface area contributed by atoms with E-state index in [1.807, 2.05) is 68.4 Å². The molecule has 28 heavy (non-hydrogen) atoms. The Morgan fingerprint density at radius 2 is 1.79 bits per heavy atom. The summed E-state index contributed by atoms with van der Waals surface area (Å²) in [7, 11) is 0. The monoisotopic (exact) mass is 371 g/mol. The molecule has 0 bridgehead atoms. The van der Waals surface area contributed by atoms with Gasteiger partial charge in [0, 0.05) is 11.3 Å². The van der Waals surface area contributed by atoms with Crippen molar-refractivity contribution in [1.82, 2.24) is 4.98 Å². The van der Waals surface area contributed by atoms with E-state index in [1.54, 1.807) is 6.92 Å². The summed E-state index contributed by atoms with van der Waals surface area (Å²) in [5, 5.41) is 12.8. The number of nitrogens with zero attached hydrogens (tertiary/aromatic N) is 2. The van der Waals surface area contributed by atoms with Gasteiger partial charge in [-0.3, -0.25) is 4.79 Å². The maximum atomic E-state index is 13.2. The molecular formula is C23H21N3O2. The van der Waals surface area contributed by atoms with Crippen molar-refractivity contribution in [2.24, 2.45) is 0 Å². The number of carbonyl (C=O) groups excluding carboxylic acids is 1. The lowest BCUT2D eigenvalue weighted by Gasteiger charge is -2.17. The maximum Gasteiger partial charge on any atom is 0.258 e. The number of rotatable bonds is 5. The second kappa shape index (κ2) is 8.36. The van der Waals surface area contributed by atoms with E-state index in [0.717, 1.165) is 16.8 Å². The summed E-state index contributed by atoms with van der Waals surface area (Å²) in [5.41, 5.74) is 4.11. The summed E-state index contributed by atoms with van der Waals surface area (Å²) < 4.78 is 5.58. The molecule has 3 rings (SSSR count). The molecule has 1 aromatic heterocycles. The van der Waals surface area contributed by atoms with Crippen molar-refractivity contribution in [2.45, 2.75) is 20.8 Å². The van der Waals surface area contributed by atoms with E-state index in [9.17, 15) is 10.1 Å². The second-order valence-corrected chi connectivity index (χ2v) is 6.31. The normalized spacial score (nSPS) is 10.2. The molecule has 5 nitrogen and oxygen atoms in total. The smallest absolute Gasteiger partial charge is 0.258 e. The topological polar surface area (TPSA) is 75.0 Å². The van der Waals surface area contributed by atoms with E-state index < -0.39 is 0 Å². The highest BCUT2D eigenvalue weighted by Gasteiger charge is 2.25. The number of hydrogen-bond donors (Lipinski definition) is 1. The average molecular weight is 371 g/mol. The van der Waals surface area contributed by atoms with Crippen LogP contribution in [0.3, 0.4) is 0 Å². The van der Waals surface area contributed by atoms with Crippen molar-refractivity contribution >= 4 is 11.6 Å². The van der Waals surface area contributed by atoms with Gasteiger partial charge in [-0.25, -0.2) is 4.98 Å². The average Bonchev–Trinajstić information content (AvgIpc) is 2.70. The van der Waals surface area contributed by atoms with E-state index in [0.29, 0.717) is 23.4 Å². The van der Waals surface area contributed by atoms with Gasteiger partial charge in [0.15, 0.2) is 0 Å². The molecule has 3 aromatic rings. The minimum Gasteiger partial charge on any atom is -0.477 e. The Kier molecular flexibility index (Phi) is 5.71. The zero-order chi connectivity index (χ0) is 20.1.